The summed E-state index contributed by atoms with van der Waals surface area (Å²) in [6.07, 6.45) is 3.23. The second-order valence-corrected chi connectivity index (χ2v) is 7.41. The van der Waals surface area contributed by atoms with Crippen molar-refractivity contribution in [2.45, 2.75) is 25.7 Å². The first-order valence-corrected chi connectivity index (χ1v) is 9.45. The van der Waals surface area contributed by atoms with Gasteiger partial charge in [0.25, 0.3) is 5.91 Å². The molecule has 2 fully saturated rings. The first-order valence-electron chi connectivity index (χ1n) is 9.45. The largest absolute Gasteiger partial charge is 0.454 e. The number of ether oxygens (including phenoxy) is 1. The van der Waals surface area contributed by atoms with Crippen molar-refractivity contribution in [3.05, 3.63) is 24.3 Å². The van der Waals surface area contributed by atoms with Crippen molar-refractivity contribution < 1.29 is 23.9 Å². The van der Waals surface area contributed by atoms with Gasteiger partial charge in [-0.25, -0.2) is 0 Å². The summed E-state index contributed by atoms with van der Waals surface area (Å²) in [6.45, 7) is -0.910. The number of hydrogen-bond donors (Lipinski definition) is 1. The number of nitrogens with one attached hydrogen (secondary N) is 1. The highest BCUT2D eigenvalue weighted by molar-refractivity contribution is 6.07. The summed E-state index contributed by atoms with van der Waals surface area (Å²) in [6, 6.07) is 7.20. The van der Waals surface area contributed by atoms with Crippen LogP contribution in [0.5, 0.6) is 0 Å². The predicted molar refractivity (Wildman–Crippen MR) is 103 cm³/mol. The van der Waals surface area contributed by atoms with Crippen LogP contribution in [0.4, 0.5) is 11.4 Å². The number of esters is 1. The highest BCUT2D eigenvalue weighted by Crippen LogP contribution is 2.37. The maximum absolute atomic E-state index is 12.4. The zero-order chi connectivity index (χ0) is 20.3. The Kier molecular flexibility index (Phi) is 5.96. The van der Waals surface area contributed by atoms with E-state index >= 15 is 0 Å². The fraction of sp³-hybridized carbons (Fsp3) is 0.500. The highest BCUT2D eigenvalue weighted by Gasteiger charge is 2.48. The van der Waals surface area contributed by atoms with Gasteiger partial charge in [-0.15, -0.1) is 0 Å². The van der Waals surface area contributed by atoms with E-state index in [1.165, 1.54) is 0 Å². The Bertz CT molecular complexity index is 751. The van der Waals surface area contributed by atoms with Gasteiger partial charge >= 0.3 is 5.97 Å². The maximum Gasteiger partial charge on any atom is 0.326 e. The maximum atomic E-state index is 12.4. The summed E-state index contributed by atoms with van der Waals surface area (Å²) >= 11 is 0. The summed E-state index contributed by atoms with van der Waals surface area (Å²) in [5.74, 6) is -2.45. The zero-order valence-corrected chi connectivity index (χ0v) is 16.1. The molecule has 8 nitrogen and oxygen atoms in total. The molecule has 3 amide bonds. The number of nitrogens with zero attached hydrogens (tertiary/aromatic N) is 2. The molecule has 1 aliphatic heterocycles. The molecule has 2 unspecified atom stereocenters. The minimum atomic E-state index is -0.765. The molecule has 1 saturated carbocycles. The van der Waals surface area contributed by atoms with Crippen LogP contribution >= 0.6 is 0 Å². The molecule has 1 aromatic carbocycles. The normalized spacial score (nSPS) is 21.3. The molecular formula is C20H25N3O5. The van der Waals surface area contributed by atoms with Gasteiger partial charge in [-0.3, -0.25) is 24.1 Å². The number of rotatable bonds is 6. The van der Waals surface area contributed by atoms with Gasteiger partial charge in [0.15, 0.2) is 6.61 Å². The van der Waals surface area contributed by atoms with Crippen LogP contribution in [-0.4, -0.2) is 55.8 Å². The van der Waals surface area contributed by atoms with Crippen LogP contribution in [0.3, 0.4) is 0 Å². The van der Waals surface area contributed by atoms with Crippen molar-refractivity contribution in [3.63, 3.8) is 0 Å². The SMILES string of the molecule is CN(C)c1ccc(NC(=O)COC(=O)CN2C(=O)C3CCCCC3C2=O)cc1. The molecule has 0 aromatic heterocycles. The van der Waals surface area contributed by atoms with Gasteiger partial charge in [-0.1, -0.05) is 12.8 Å². The quantitative estimate of drug-likeness (QED) is 0.586. The third-order valence-electron chi connectivity index (χ3n) is 5.25. The van der Waals surface area contributed by atoms with E-state index in [4.69, 9.17) is 4.74 Å². The molecule has 28 heavy (non-hydrogen) atoms. The van der Waals surface area contributed by atoms with Crippen LogP contribution in [0.15, 0.2) is 24.3 Å². The van der Waals surface area contributed by atoms with Gasteiger partial charge in [0.2, 0.25) is 11.8 Å². The fourth-order valence-electron chi connectivity index (χ4n) is 3.75. The van der Waals surface area contributed by atoms with Crippen LogP contribution in [0, 0.1) is 11.8 Å². The lowest BCUT2D eigenvalue weighted by atomic mass is 9.81. The van der Waals surface area contributed by atoms with E-state index < -0.39 is 25.0 Å². The van der Waals surface area contributed by atoms with Gasteiger partial charge in [0, 0.05) is 25.5 Å². The van der Waals surface area contributed by atoms with E-state index in [9.17, 15) is 19.2 Å². The molecule has 1 N–H and O–H groups in total. The third kappa shape index (κ3) is 4.32. The van der Waals surface area contributed by atoms with E-state index in [0.29, 0.717) is 18.5 Å². The lowest BCUT2D eigenvalue weighted by Crippen LogP contribution is -2.37. The average Bonchev–Trinajstić information content (AvgIpc) is 2.92. The highest BCUT2D eigenvalue weighted by atomic mass is 16.5. The molecule has 1 heterocycles. The second-order valence-electron chi connectivity index (χ2n) is 7.41. The van der Waals surface area contributed by atoms with E-state index in [0.717, 1.165) is 23.4 Å². The number of carbonyl (C=O) groups is 4. The van der Waals surface area contributed by atoms with Crippen molar-refractivity contribution in [2.75, 3.05) is 37.5 Å². The van der Waals surface area contributed by atoms with Gasteiger partial charge in [0.1, 0.15) is 6.54 Å². The molecule has 0 spiro atoms. The van der Waals surface area contributed by atoms with Crippen molar-refractivity contribution in [1.29, 1.82) is 0 Å². The van der Waals surface area contributed by atoms with E-state index in [1.807, 2.05) is 31.1 Å². The Morgan fingerprint density at radius 2 is 1.64 bits per heavy atom. The van der Waals surface area contributed by atoms with Crippen LogP contribution in [-0.2, 0) is 23.9 Å². The first kappa shape index (κ1) is 19.9. The molecule has 8 heteroatoms. The monoisotopic (exact) mass is 387 g/mol. The standard InChI is InChI=1S/C20H25N3O5/c1-22(2)14-9-7-13(8-10-14)21-17(24)12-28-18(25)11-23-19(26)15-5-3-4-6-16(15)20(23)27/h7-10,15-16H,3-6,11-12H2,1-2H3,(H,21,24). The molecule has 150 valence electrons. The number of fused-ring (bicyclic) bond motifs is 1. The number of carbonyl (C=O) groups excluding carboxylic acids is 4. The smallest absolute Gasteiger partial charge is 0.326 e. The predicted octanol–water partition coefficient (Wildman–Crippen LogP) is 1.41. The molecule has 0 bridgehead atoms. The van der Waals surface area contributed by atoms with Gasteiger partial charge in [-0.05, 0) is 37.1 Å². The average molecular weight is 387 g/mol. The minimum Gasteiger partial charge on any atom is -0.454 e. The van der Waals surface area contributed by atoms with Crippen LogP contribution in [0.1, 0.15) is 25.7 Å². The van der Waals surface area contributed by atoms with E-state index in [-0.39, 0.29) is 23.7 Å². The second kappa shape index (κ2) is 8.41. The lowest BCUT2D eigenvalue weighted by Gasteiger charge is -2.19. The summed E-state index contributed by atoms with van der Waals surface area (Å²) in [5.41, 5.74) is 1.57. The molecule has 1 aliphatic carbocycles. The van der Waals surface area contributed by atoms with E-state index in [1.54, 1.807) is 12.1 Å². The summed E-state index contributed by atoms with van der Waals surface area (Å²) < 4.78 is 4.94. The fourth-order valence-corrected chi connectivity index (χ4v) is 3.75. The topological polar surface area (TPSA) is 96.0 Å². The van der Waals surface area contributed by atoms with Gasteiger partial charge in [0.05, 0.1) is 11.8 Å². The number of imide groups is 1. The van der Waals surface area contributed by atoms with Crippen molar-refractivity contribution in [1.82, 2.24) is 4.90 Å². The van der Waals surface area contributed by atoms with Crippen molar-refractivity contribution in [2.24, 2.45) is 11.8 Å². The third-order valence-corrected chi connectivity index (χ3v) is 5.25. The molecular weight excluding hydrogens is 362 g/mol. The number of anilines is 2. The Morgan fingerprint density at radius 1 is 1.07 bits per heavy atom. The molecule has 1 saturated heterocycles. The Labute approximate surface area is 163 Å². The lowest BCUT2D eigenvalue weighted by molar-refractivity contribution is -0.154. The summed E-state index contributed by atoms with van der Waals surface area (Å²) in [5, 5.41) is 2.63. The number of amides is 3. The minimum absolute atomic E-state index is 0.294. The number of benzene rings is 1. The van der Waals surface area contributed by atoms with E-state index in [2.05, 4.69) is 5.32 Å². The zero-order valence-electron chi connectivity index (χ0n) is 16.1. The van der Waals surface area contributed by atoms with Crippen LogP contribution in [0.25, 0.3) is 0 Å². The van der Waals surface area contributed by atoms with Gasteiger partial charge in [-0.2, -0.15) is 0 Å². The first-order chi connectivity index (χ1) is 13.4. The van der Waals surface area contributed by atoms with Crippen LogP contribution < -0.4 is 10.2 Å². The molecule has 3 rings (SSSR count). The molecule has 2 aliphatic rings. The Morgan fingerprint density at radius 3 is 2.18 bits per heavy atom. The van der Waals surface area contributed by atoms with Crippen molar-refractivity contribution >= 4 is 35.1 Å². The Hall–Kier alpha value is -2.90. The molecule has 0 radical (unpaired) electrons. The Balaban J connectivity index is 1.47. The van der Waals surface area contributed by atoms with Crippen molar-refractivity contribution in [3.8, 4) is 0 Å². The molecule has 1 aromatic rings. The van der Waals surface area contributed by atoms with Crippen LogP contribution in [0.2, 0.25) is 0 Å². The summed E-state index contributed by atoms with van der Waals surface area (Å²) in [7, 11) is 3.83. The summed E-state index contributed by atoms with van der Waals surface area (Å²) in [4.78, 5) is 51.6. The number of hydrogen-bond acceptors (Lipinski definition) is 6. The molecule has 2 atom stereocenters. The number of likely N-dealkylation sites (tertiary alicyclic amines) is 1. The van der Waals surface area contributed by atoms with Gasteiger partial charge < -0.3 is 15.0 Å².